The lowest BCUT2D eigenvalue weighted by Gasteiger charge is -2.02. The van der Waals surface area contributed by atoms with Crippen LogP contribution in [0.15, 0.2) is 0 Å². The highest BCUT2D eigenvalue weighted by Crippen LogP contribution is 2.15. The van der Waals surface area contributed by atoms with E-state index < -0.39 is 0 Å². The number of amides is 1. The summed E-state index contributed by atoms with van der Waals surface area (Å²) in [6.45, 7) is 4.81. The lowest BCUT2D eigenvalue weighted by molar-refractivity contribution is 0.0949. The molecule has 1 aromatic heterocycles. The number of aromatic amines is 1. The zero-order valence-corrected chi connectivity index (χ0v) is 9.97. The van der Waals surface area contributed by atoms with Crippen LogP contribution in [0.2, 0.25) is 0 Å². The number of aromatic nitrogens is 2. The van der Waals surface area contributed by atoms with Crippen molar-refractivity contribution in [2.75, 3.05) is 12.3 Å². The first-order chi connectivity index (χ1) is 7.70. The highest BCUT2D eigenvalue weighted by atomic mass is 16.1. The molecule has 1 aromatic rings. The summed E-state index contributed by atoms with van der Waals surface area (Å²) in [5.74, 6) is -0.190. The van der Waals surface area contributed by atoms with Crippen LogP contribution in [-0.2, 0) is 6.42 Å². The van der Waals surface area contributed by atoms with Crippen molar-refractivity contribution in [2.24, 2.45) is 0 Å². The van der Waals surface area contributed by atoms with E-state index in [9.17, 15) is 4.79 Å². The zero-order chi connectivity index (χ0) is 12.0. The van der Waals surface area contributed by atoms with Gasteiger partial charge in [0.15, 0.2) is 5.69 Å². The highest BCUT2D eigenvalue weighted by Gasteiger charge is 2.15. The second-order valence-corrected chi connectivity index (χ2v) is 3.82. The highest BCUT2D eigenvalue weighted by molar-refractivity contribution is 5.97. The molecule has 5 heteroatoms. The van der Waals surface area contributed by atoms with Gasteiger partial charge in [-0.1, -0.05) is 26.7 Å². The van der Waals surface area contributed by atoms with Crippen molar-refractivity contribution >= 4 is 11.6 Å². The molecule has 1 rings (SSSR count). The third-order valence-corrected chi connectivity index (χ3v) is 2.41. The predicted octanol–water partition coefficient (Wildman–Crippen LogP) is 1.47. The minimum atomic E-state index is -0.190. The van der Waals surface area contributed by atoms with Gasteiger partial charge in [0.1, 0.15) is 0 Å². The van der Waals surface area contributed by atoms with Crippen molar-refractivity contribution < 1.29 is 4.79 Å². The monoisotopic (exact) mass is 224 g/mol. The molecule has 0 aromatic carbocycles. The smallest absolute Gasteiger partial charge is 0.273 e. The van der Waals surface area contributed by atoms with E-state index in [-0.39, 0.29) is 5.91 Å². The fraction of sp³-hybridized carbons (Fsp3) is 0.636. The van der Waals surface area contributed by atoms with Gasteiger partial charge in [-0.3, -0.25) is 9.89 Å². The first kappa shape index (κ1) is 12.5. The second kappa shape index (κ2) is 6.15. The lowest BCUT2D eigenvalue weighted by Crippen LogP contribution is -2.25. The van der Waals surface area contributed by atoms with Crippen LogP contribution in [0, 0.1) is 0 Å². The van der Waals surface area contributed by atoms with Crippen LogP contribution in [0.3, 0.4) is 0 Å². The first-order valence-corrected chi connectivity index (χ1v) is 5.81. The standard InChI is InChI=1S/C11H20N4O/c1-3-5-7-13-11(16)10-9(12)8(6-4-2)14-15-10/h3-7,12H2,1-2H3,(H,13,16)(H,14,15). The van der Waals surface area contributed by atoms with Gasteiger partial charge in [0.2, 0.25) is 0 Å². The number of nitrogens with two attached hydrogens (primary N) is 1. The number of nitrogen functional groups attached to an aromatic ring is 1. The van der Waals surface area contributed by atoms with Crippen LogP contribution >= 0.6 is 0 Å². The Morgan fingerprint density at radius 3 is 2.81 bits per heavy atom. The number of hydrogen-bond donors (Lipinski definition) is 3. The molecular formula is C11H20N4O. The second-order valence-electron chi connectivity index (χ2n) is 3.82. The summed E-state index contributed by atoms with van der Waals surface area (Å²) in [6.07, 6.45) is 3.82. The quantitative estimate of drug-likeness (QED) is 0.640. The van der Waals surface area contributed by atoms with E-state index in [1.54, 1.807) is 0 Å². The molecule has 0 fully saturated rings. The molecular weight excluding hydrogens is 204 g/mol. The van der Waals surface area contributed by atoms with Crippen molar-refractivity contribution in [3.05, 3.63) is 11.4 Å². The largest absolute Gasteiger partial charge is 0.395 e. The number of carbonyl (C=O) groups excluding carboxylic acids is 1. The molecule has 1 heterocycles. The van der Waals surface area contributed by atoms with Gasteiger partial charge in [0.25, 0.3) is 5.91 Å². The minimum Gasteiger partial charge on any atom is -0.395 e. The Morgan fingerprint density at radius 1 is 1.44 bits per heavy atom. The maximum Gasteiger partial charge on any atom is 0.273 e. The summed E-state index contributed by atoms with van der Waals surface area (Å²) < 4.78 is 0. The SMILES string of the molecule is CCCCNC(=O)c1n[nH]c(CCC)c1N. The van der Waals surface area contributed by atoms with Crippen LogP contribution in [0.1, 0.15) is 49.3 Å². The topological polar surface area (TPSA) is 83.8 Å². The number of hydrogen-bond acceptors (Lipinski definition) is 3. The summed E-state index contributed by atoms with van der Waals surface area (Å²) in [5, 5.41) is 9.56. The van der Waals surface area contributed by atoms with Crippen molar-refractivity contribution in [3.63, 3.8) is 0 Å². The molecule has 4 N–H and O–H groups in total. The Hall–Kier alpha value is -1.52. The minimum absolute atomic E-state index is 0.190. The summed E-state index contributed by atoms with van der Waals surface area (Å²) in [6, 6.07) is 0. The fourth-order valence-electron chi connectivity index (χ4n) is 1.46. The Labute approximate surface area is 95.8 Å². The summed E-state index contributed by atoms with van der Waals surface area (Å²) >= 11 is 0. The molecule has 0 bridgehead atoms. The van der Waals surface area contributed by atoms with E-state index in [1.807, 2.05) is 0 Å². The van der Waals surface area contributed by atoms with E-state index in [1.165, 1.54) is 0 Å². The van der Waals surface area contributed by atoms with Crippen LogP contribution in [-0.4, -0.2) is 22.6 Å². The van der Waals surface area contributed by atoms with E-state index in [4.69, 9.17) is 5.73 Å². The van der Waals surface area contributed by atoms with Gasteiger partial charge in [-0.25, -0.2) is 0 Å². The summed E-state index contributed by atoms with van der Waals surface area (Å²) in [5.41, 5.74) is 7.49. The van der Waals surface area contributed by atoms with E-state index >= 15 is 0 Å². The van der Waals surface area contributed by atoms with E-state index in [0.29, 0.717) is 17.9 Å². The van der Waals surface area contributed by atoms with Gasteiger partial charge in [-0.05, 0) is 12.8 Å². The van der Waals surface area contributed by atoms with Crippen LogP contribution in [0.25, 0.3) is 0 Å². The Bertz CT molecular complexity index is 346. The molecule has 0 saturated carbocycles. The average molecular weight is 224 g/mol. The van der Waals surface area contributed by atoms with Crippen LogP contribution < -0.4 is 11.1 Å². The number of nitrogens with one attached hydrogen (secondary N) is 2. The Balaban J connectivity index is 2.61. The average Bonchev–Trinajstić information content (AvgIpc) is 2.62. The molecule has 0 aliphatic carbocycles. The molecule has 0 spiro atoms. The van der Waals surface area contributed by atoms with Gasteiger partial charge in [-0.15, -0.1) is 0 Å². The van der Waals surface area contributed by atoms with Crippen molar-refractivity contribution in [1.29, 1.82) is 0 Å². The third kappa shape index (κ3) is 2.98. The molecule has 16 heavy (non-hydrogen) atoms. The van der Waals surface area contributed by atoms with Gasteiger partial charge < -0.3 is 11.1 Å². The molecule has 0 aliphatic heterocycles. The summed E-state index contributed by atoms with van der Waals surface area (Å²) in [7, 11) is 0. The number of H-pyrrole nitrogens is 1. The van der Waals surface area contributed by atoms with Crippen molar-refractivity contribution in [3.8, 4) is 0 Å². The molecule has 90 valence electrons. The van der Waals surface area contributed by atoms with Gasteiger partial charge in [-0.2, -0.15) is 5.10 Å². The first-order valence-electron chi connectivity index (χ1n) is 5.81. The maximum atomic E-state index is 11.7. The zero-order valence-electron chi connectivity index (χ0n) is 9.97. The molecule has 0 aliphatic rings. The molecule has 0 unspecified atom stereocenters. The normalized spacial score (nSPS) is 10.4. The van der Waals surface area contributed by atoms with Gasteiger partial charge in [0.05, 0.1) is 11.4 Å². The molecule has 0 atom stereocenters. The summed E-state index contributed by atoms with van der Waals surface area (Å²) in [4.78, 5) is 11.7. The van der Waals surface area contributed by atoms with Crippen molar-refractivity contribution in [2.45, 2.75) is 39.5 Å². The number of aryl methyl sites for hydroxylation is 1. The van der Waals surface area contributed by atoms with Crippen LogP contribution in [0.4, 0.5) is 5.69 Å². The molecule has 0 saturated heterocycles. The number of carbonyl (C=O) groups is 1. The molecule has 5 nitrogen and oxygen atoms in total. The lowest BCUT2D eigenvalue weighted by atomic mass is 10.2. The van der Waals surface area contributed by atoms with Gasteiger partial charge in [0, 0.05) is 6.54 Å². The van der Waals surface area contributed by atoms with Crippen molar-refractivity contribution in [1.82, 2.24) is 15.5 Å². The van der Waals surface area contributed by atoms with Gasteiger partial charge >= 0.3 is 0 Å². The number of nitrogens with zero attached hydrogens (tertiary/aromatic N) is 1. The number of anilines is 1. The number of unbranched alkanes of at least 4 members (excludes halogenated alkanes) is 1. The maximum absolute atomic E-state index is 11.7. The Kier molecular flexibility index (Phi) is 4.82. The molecule has 0 radical (unpaired) electrons. The Morgan fingerprint density at radius 2 is 2.19 bits per heavy atom. The fourth-order valence-corrected chi connectivity index (χ4v) is 1.46. The van der Waals surface area contributed by atoms with Crippen LogP contribution in [0.5, 0.6) is 0 Å². The predicted molar refractivity (Wildman–Crippen MR) is 64.2 cm³/mol. The molecule has 1 amide bonds. The van der Waals surface area contributed by atoms with E-state index in [0.717, 1.165) is 31.4 Å². The third-order valence-electron chi connectivity index (χ3n) is 2.41. The number of rotatable bonds is 6. The van der Waals surface area contributed by atoms with E-state index in [2.05, 4.69) is 29.4 Å².